The Balaban J connectivity index is 0. The molecule has 0 saturated carbocycles. The molecule has 0 saturated heterocycles. The Hall–Kier alpha value is -0.0926. The van der Waals surface area contributed by atoms with Crippen molar-refractivity contribution in [2.24, 2.45) is 0 Å². The van der Waals surface area contributed by atoms with Gasteiger partial charge in [-0.3, -0.25) is 4.90 Å². The van der Waals surface area contributed by atoms with Crippen molar-refractivity contribution < 1.29 is 39.0 Å². The molecule has 3 unspecified atom stereocenters. The first-order chi connectivity index (χ1) is 10.9. The van der Waals surface area contributed by atoms with Gasteiger partial charge in [0.15, 0.2) is 0 Å². The van der Waals surface area contributed by atoms with E-state index in [1.165, 1.54) is 0 Å². The molecule has 0 aromatic carbocycles. The van der Waals surface area contributed by atoms with Crippen LogP contribution in [-0.2, 0) is 4.79 Å². The first-order valence-corrected chi connectivity index (χ1v) is 8.94. The van der Waals surface area contributed by atoms with Gasteiger partial charge in [-0.05, 0) is 19.8 Å². The van der Waals surface area contributed by atoms with E-state index in [0.717, 1.165) is 32.1 Å². The summed E-state index contributed by atoms with van der Waals surface area (Å²) in [7, 11) is 0. The number of carbonyl (C=O) groups is 1. The molecule has 0 heterocycles. The van der Waals surface area contributed by atoms with Crippen LogP contribution in [-0.4, -0.2) is 65.5 Å². The number of carboxylic acid groups (broad SMARTS) is 1. The minimum absolute atomic E-state index is 0. The molecule has 0 spiro atoms. The number of rotatable bonds is 15. The molecule has 0 aliphatic rings. The van der Waals surface area contributed by atoms with Gasteiger partial charge in [0.25, 0.3) is 0 Å². The molecule has 138 valence electrons. The Kier molecular flexibility index (Phi) is 17.8. The van der Waals surface area contributed by atoms with Gasteiger partial charge in [0.2, 0.25) is 0 Å². The van der Waals surface area contributed by atoms with E-state index in [1.54, 1.807) is 11.8 Å². The van der Waals surface area contributed by atoms with E-state index < -0.39 is 18.1 Å². The molecule has 0 aliphatic carbocycles. The fraction of sp³-hybridized carbons (Fsp3) is 0.941. The van der Waals surface area contributed by atoms with Crippen molar-refractivity contribution in [3.8, 4) is 0 Å². The first-order valence-electron chi connectivity index (χ1n) is 8.94. The third-order valence-corrected chi connectivity index (χ3v) is 4.07. The van der Waals surface area contributed by atoms with Gasteiger partial charge in [-0.1, -0.05) is 39.5 Å². The number of hydrogen-bond donors (Lipinski definition) is 3. The number of hydrogen-bond acceptors (Lipinski definition) is 6. The summed E-state index contributed by atoms with van der Waals surface area (Å²) in [5.41, 5.74) is 0. The zero-order valence-electron chi connectivity index (χ0n) is 16.0. The quantitative estimate of drug-likeness (QED) is 0.219. The van der Waals surface area contributed by atoms with Gasteiger partial charge in [-0.2, -0.15) is 0 Å². The van der Waals surface area contributed by atoms with Crippen LogP contribution in [0.1, 0.15) is 59.3 Å². The van der Waals surface area contributed by atoms with Crippen LogP contribution in [0.25, 0.3) is 0 Å². The molecule has 3 atom stereocenters. The Morgan fingerprint density at radius 1 is 1.12 bits per heavy atom. The molecule has 0 radical (unpaired) electrons. The van der Waals surface area contributed by atoms with E-state index in [0.29, 0.717) is 32.6 Å². The molecule has 0 aromatic heterocycles. The average molecular weight is 338 g/mol. The van der Waals surface area contributed by atoms with Crippen molar-refractivity contribution >= 4 is 5.97 Å². The van der Waals surface area contributed by atoms with E-state index in [9.17, 15) is 20.1 Å². The van der Waals surface area contributed by atoms with Gasteiger partial charge in [-0.25, -0.2) is 0 Å². The monoisotopic (exact) mass is 338 g/mol. The number of aliphatic hydroxyl groups excluding tert-OH is 2. The molecular formula is C17H35LiN2O4. The topological polar surface area (TPSA) is 95.9 Å². The first kappa shape index (κ1) is 26.1. The summed E-state index contributed by atoms with van der Waals surface area (Å²) in [5.74, 6) is -1.13. The summed E-state index contributed by atoms with van der Waals surface area (Å²) in [4.78, 5) is 12.8. The standard InChI is InChI=1S/C17H36N2O4.Li/c1-4-6-8-15(20)12-18-10-11-19(14(3)17(22)23)13-16(21)9-7-5-2;/h14-16,18,20-21H,4-13H2,1-3H3,(H,22,23);/q;+1/p-1. The fourth-order valence-corrected chi connectivity index (χ4v) is 2.43. The predicted molar refractivity (Wildman–Crippen MR) is 90.0 cm³/mol. The number of carbonyl (C=O) groups excluding carboxylic acids is 1. The van der Waals surface area contributed by atoms with Gasteiger partial charge in [0.1, 0.15) is 0 Å². The maximum absolute atomic E-state index is 11.1. The van der Waals surface area contributed by atoms with E-state index >= 15 is 0 Å². The number of nitrogens with zero attached hydrogens (tertiary/aromatic N) is 1. The maximum atomic E-state index is 11.1. The second kappa shape index (κ2) is 16.4. The Bertz CT molecular complexity index is 308. The summed E-state index contributed by atoms with van der Waals surface area (Å²) in [6, 6.07) is -0.738. The van der Waals surface area contributed by atoms with Gasteiger partial charge in [-0.15, -0.1) is 0 Å². The molecule has 7 heteroatoms. The van der Waals surface area contributed by atoms with Crippen molar-refractivity contribution in [1.82, 2.24) is 10.2 Å². The van der Waals surface area contributed by atoms with Crippen molar-refractivity contribution in [3.63, 3.8) is 0 Å². The molecule has 0 aliphatic heterocycles. The van der Waals surface area contributed by atoms with E-state index in [4.69, 9.17) is 0 Å². The van der Waals surface area contributed by atoms with Crippen molar-refractivity contribution in [3.05, 3.63) is 0 Å². The summed E-state index contributed by atoms with van der Waals surface area (Å²) in [6.07, 6.45) is 4.56. The molecule has 0 rings (SSSR count). The number of carboxylic acids is 1. The predicted octanol–water partition coefficient (Wildman–Crippen LogP) is -2.88. The summed E-state index contributed by atoms with van der Waals surface area (Å²) in [5, 5.41) is 34.0. The minimum Gasteiger partial charge on any atom is -0.548 e. The largest absolute Gasteiger partial charge is 1.00 e. The SMILES string of the molecule is CCCCC(O)CNCCN(CC(O)CCCC)C(C)C(=O)[O-].[Li+]. The third-order valence-electron chi connectivity index (χ3n) is 4.07. The molecule has 0 bridgehead atoms. The van der Waals surface area contributed by atoms with Crippen molar-refractivity contribution in [2.75, 3.05) is 26.2 Å². The fourth-order valence-electron chi connectivity index (χ4n) is 2.43. The van der Waals surface area contributed by atoms with Crippen molar-refractivity contribution in [2.45, 2.75) is 77.5 Å². The second-order valence-corrected chi connectivity index (χ2v) is 6.29. The van der Waals surface area contributed by atoms with Crippen LogP contribution >= 0.6 is 0 Å². The number of aliphatic carboxylic acids is 1. The van der Waals surface area contributed by atoms with E-state index in [2.05, 4.69) is 19.2 Å². The van der Waals surface area contributed by atoms with Gasteiger partial charge in [0, 0.05) is 32.2 Å². The van der Waals surface area contributed by atoms with Crippen LogP contribution in [0.5, 0.6) is 0 Å². The molecule has 6 nitrogen and oxygen atoms in total. The average Bonchev–Trinajstić information content (AvgIpc) is 2.52. The zero-order chi connectivity index (χ0) is 17.7. The van der Waals surface area contributed by atoms with Gasteiger partial charge < -0.3 is 25.4 Å². The third kappa shape index (κ3) is 13.2. The summed E-state index contributed by atoms with van der Waals surface area (Å²) in [6.45, 7) is 7.63. The van der Waals surface area contributed by atoms with Crippen LogP contribution in [0, 0.1) is 0 Å². The normalized spacial score (nSPS) is 14.9. The number of nitrogens with one attached hydrogen (secondary N) is 1. The second-order valence-electron chi connectivity index (χ2n) is 6.29. The number of aliphatic hydroxyl groups is 2. The van der Waals surface area contributed by atoms with Crippen molar-refractivity contribution in [1.29, 1.82) is 0 Å². The number of unbranched alkanes of at least 4 members (excludes halogenated alkanes) is 2. The van der Waals surface area contributed by atoms with E-state index in [1.807, 2.05) is 0 Å². The van der Waals surface area contributed by atoms with Crippen LogP contribution < -0.4 is 29.3 Å². The molecular weight excluding hydrogens is 303 g/mol. The smallest absolute Gasteiger partial charge is 0.548 e. The maximum Gasteiger partial charge on any atom is 1.00 e. The van der Waals surface area contributed by atoms with Crippen LogP contribution in [0.15, 0.2) is 0 Å². The Morgan fingerprint density at radius 3 is 2.17 bits per heavy atom. The molecule has 0 fully saturated rings. The summed E-state index contributed by atoms with van der Waals surface area (Å²) >= 11 is 0. The van der Waals surface area contributed by atoms with Gasteiger partial charge >= 0.3 is 18.9 Å². The molecule has 0 amide bonds. The minimum atomic E-state index is -1.13. The van der Waals surface area contributed by atoms with E-state index in [-0.39, 0.29) is 25.0 Å². The van der Waals surface area contributed by atoms with Crippen LogP contribution in [0.2, 0.25) is 0 Å². The van der Waals surface area contributed by atoms with Crippen LogP contribution in [0.3, 0.4) is 0 Å². The zero-order valence-corrected chi connectivity index (χ0v) is 16.0. The Labute approximate surface area is 159 Å². The molecule has 0 aromatic rings. The van der Waals surface area contributed by atoms with Crippen LogP contribution in [0.4, 0.5) is 0 Å². The summed E-state index contributed by atoms with van der Waals surface area (Å²) < 4.78 is 0. The van der Waals surface area contributed by atoms with Gasteiger partial charge in [0.05, 0.1) is 18.2 Å². The Morgan fingerprint density at radius 2 is 1.67 bits per heavy atom. The molecule has 24 heavy (non-hydrogen) atoms. The molecule has 3 N–H and O–H groups in total.